The summed E-state index contributed by atoms with van der Waals surface area (Å²) in [5.74, 6) is 1.69. The Morgan fingerprint density at radius 3 is 2.83 bits per heavy atom. The smallest absolute Gasteiger partial charge is 0.244 e. The van der Waals surface area contributed by atoms with Gasteiger partial charge < -0.3 is 4.74 Å². The van der Waals surface area contributed by atoms with Crippen LogP contribution < -0.4 is 4.74 Å². The summed E-state index contributed by atoms with van der Waals surface area (Å²) in [6, 6.07) is 12.1. The summed E-state index contributed by atoms with van der Waals surface area (Å²) in [6.45, 7) is 4.59. The highest BCUT2D eigenvalue weighted by molar-refractivity contribution is 8.45. The molecule has 0 unspecified atom stereocenters. The molecule has 0 radical (unpaired) electrons. The van der Waals surface area contributed by atoms with Crippen LogP contribution in [-0.4, -0.2) is 21.9 Å². The van der Waals surface area contributed by atoms with Gasteiger partial charge in [-0.2, -0.15) is 0 Å². The van der Waals surface area contributed by atoms with E-state index >= 15 is 0 Å². The first-order valence-electron chi connectivity index (χ1n) is 7.52. The highest BCUT2D eigenvalue weighted by Gasteiger charge is 2.22. The van der Waals surface area contributed by atoms with E-state index in [2.05, 4.69) is 18.0 Å². The van der Waals surface area contributed by atoms with Gasteiger partial charge in [0.2, 0.25) is 5.12 Å². The van der Waals surface area contributed by atoms with Gasteiger partial charge in [-0.25, -0.2) is 4.99 Å². The first-order valence-corrected chi connectivity index (χ1v) is 9.33. The Hall–Kier alpha value is -1.72. The minimum atomic E-state index is -0.00340. The summed E-state index contributed by atoms with van der Waals surface area (Å²) in [4.78, 5) is 16.7. The van der Waals surface area contributed by atoms with Crippen molar-refractivity contribution in [3.8, 4) is 5.75 Å². The Balaban J connectivity index is 2.12. The van der Waals surface area contributed by atoms with E-state index in [0.717, 1.165) is 32.2 Å². The molecular formula is C18H17NO2S2. The van der Waals surface area contributed by atoms with Crippen molar-refractivity contribution >= 4 is 49.9 Å². The molecule has 3 nitrogen and oxygen atoms in total. The lowest BCUT2D eigenvalue weighted by atomic mass is 10.0. The van der Waals surface area contributed by atoms with Crippen molar-refractivity contribution in [3.63, 3.8) is 0 Å². The van der Waals surface area contributed by atoms with Gasteiger partial charge in [-0.3, -0.25) is 4.79 Å². The fraction of sp³-hybridized carbons (Fsp3) is 0.222. The number of rotatable bonds is 4. The van der Waals surface area contributed by atoms with Crippen LogP contribution in [0.2, 0.25) is 0 Å². The standard InChI is InChI=1S/C18H17NO2S2/c1-3-21-16-10-9-12-7-5-6-8-13(12)14(16)11-15-17(20)23-18(19-15)22-4-2/h5-11H,3-4H2,1-2H3. The zero-order chi connectivity index (χ0) is 16.2. The lowest BCUT2D eigenvalue weighted by Crippen LogP contribution is -1.96. The molecule has 0 N–H and O–H groups in total. The van der Waals surface area contributed by atoms with Gasteiger partial charge in [0.05, 0.1) is 6.61 Å². The second-order valence-corrected chi connectivity index (χ2v) is 7.33. The Kier molecular flexibility index (Phi) is 5.08. The van der Waals surface area contributed by atoms with Crippen molar-refractivity contribution < 1.29 is 9.53 Å². The molecule has 3 rings (SSSR count). The van der Waals surface area contributed by atoms with Gasteiger partial charge in [0.1, 0.15) is 15.8 Å². The molecule has 1 aliphatic heterocycles. The quantitative estimate of drug-likeness (QED) is 0.735. The molecule has 0 aromatic heterocycles. The second-order valence-electron chi connectivity index (χ2n) is 4.86. The number of thioether (sulfide) groups is 2. The maximum Gasteiger partial charge on any atom is 0.244 e. The molecule has 0 aliphatic carbocycles. The molecule has 0 atom stereocenters. The normalized spacial score (nSPS) is 16.2. The highest BCUT2D eigenvalue weighted by Crippen LogP contribution is 2.35. The fourth-order valence-electron chi connectivity index (χ4n) is 2.42. The summed E-state index contributed by atoms with van der Waals surface area (Å²) in [5, 5.41) is 2.18. The van der Waals surface area contributed by atoms with Crippen LogP contribution in [0.3, 0.4) is 0 Å². The van der Waals surface area contributed by atoms with E-state index in [0.29, 0.717) is 12.3 Å². The zero-order valence-corrected chi connectivity index (χ0v) is 14.7. The molecular weight excluding hydrogens is 326 g/mol. The number of benzene rings is 2. The van der Waals surface area contributed by atoms with Gasteiger partial charge in [-0.15, -0.1) is 0 Å². The summed E-state index contributed by atoms with van der Waals surface area (Å²) in [7, 11) is 0. The van der Waals surface area contributed by atoms with Crippen molar-refractivity contribution in [1.82, 2.24) is 0 Å². The van der Waals surface area contributed by atoms with Crippen molar-refractivity contribution in [1.29, 1.82) is 0 Å². The largest absolute Gasteiger partial charge is 0.493 e. The van der Waals surface area contributed by atoms with Crippen LogP contribution >= 0.6 is 23.5 Å². The minimum absolute atomic E-state index is 0.00340. The van der Waals surface area contributed by atoms with Gasteiger partial charge in [0.25, 0.3) is 0 Å². The van der Waals surface area contributed by atoms with Gasteiger partial charge in [-0.05, 0) is 47.4 Å². The van der Waals surface area contributed by atoms with Crippen LogP contribution in [-0.2, 0) is 4.79 Å². The van der Waals surface area contributed by atoms with E-state index in [1.165, 1.54) is 11.8 Å². The maximum atomic E-state index is 12.2. The topological polar surface area (TPSA) is 38.7 Å². The summed E-state index contributed by atoms with van der Waals surface area (Å²) in [6.07, 6.45) is 1.85. The minimum Gasteiger partial charge on any atom is -0.493 e. The van der Waals surface area contributed by atoms with Crippen molar-refractivity contribution in [2.75, 3.05) is 12.4 Å². The number of carbonyl (C=O) groups is 1. The molecule has 0 bridgehead atoms. The molecule has 0 amide bonds. The molecule has 5 heteroatoms. The molecule has 118 valence electrons. The van der Waals surface area contributed by atoms with Crippen molar-refractivity contribution in [3.05, 3.63) is 47.7 Å². The molecule has 2 aromatic rings. The third kappa shape index (κ3) is 3.46. The third-order valence-corrected chi connectivity index (χ3v) is 5.27. The number of fused-ring (bicyclic) bond motifs is 1. The number of carbonyl (C=O) groups excluding carboxylic acids is 1. The van der Waals surface area contributed by atoms with E-state index < -0.39 is 0 Å². The molecule has 0 saturated heterocycles. The summed E-state index contributed by atoms with van der Waals surface area (Å²) < 4.78 is 6.57. The van der Waals surface area contributed by atoms with Crippen LogP contribution in [0.4, 0.5) is 0 Å². The van der Waals surface area contributed by atoms with E-state index in [1.54, 1.807) is 11.8 Å². The average molecular weight is 343 g/mol. The molecule has 0 saturated carbocycles. The van der Waals surface area contributed by atoms with E-state index in [9.17, 15) is 4.79 Å². The summed E-state index contributed by atoms with van der Waals surface area (Å²) >= 11 is 2.80. The SMILES string of the molecule is CCOc1ccc2ccccc2c1C=C1N=C(SCC)SC1=O. The molecule has 0 fully saturated rings. The number of hydrogen-bond donors (Lipinski definition) is 0. The van der Waals surface area contributed by atoms with E-state index in [1.807, 2.05) is 43.3 Å². The Labute approximate surface area is 144 Å². The first kappa shape index (κ1) is 16.1. The Morgan fingerprint density at radius 2 is 2.04 bits per heavy atom. The Bertz CT molecular complexity index is 812. The molecule has 1 aliphatic rings. The zero-order valence-electron chi connectivity index (χ0n) is 13.0. The van der Waals surface area contributed by atoms with Gasteiger partial charge in [-0.1, -0.05) is 49.0 Å². The lowest BCUT2D eigenvalue weighted by Gasteiger charge is -2.10. The number of hydrogen-bond acceptors (Lipinski definition) is 5. The Morgan fingerprint density at radius 1 is 1.22 bits per heavy atom. The van der Waals surface area contributed by atoms with E-state index in [-0.39, 0.29) is 5.12 Å². The average Bonchev–Trinajstić information content (AvgIpc) is 2.90. The van der Waals surface area contributed by atoms with Gasteiger partial charge in [0.15, 0.2) is 0 Å². The predicted octanol–water partition coefficient (Wildman–Crippen LogP) is 4.96. The molecule has 1 heterocycles. The van der Waals surface area contributed by atoms with Crippen LogP contribution in [0.5, 0.6) is 5.75 Å². The monoisotopic (exact) mass is 343 g/mol. The van der Waals surface area contributed by atoms with Crippen LogP contribution in [0.25, 0.3) is 16.8 Å². The van der Waals surface area contributed by atoms with Crippen molar-refractivity contribution in [2.45, 2.75) is 13.8 Å². The maximum absolute atomic E-state index is 12.2. The van der Waals surface area contributed by atoms with Crippen LogP contribution in [0.15, 0.2) is 47.1 Å². The highest BCUT2D eigenvalue weighted by atomic mass is 32.2. The third-order valence-electron chi connectivity index (χ3n) is 3.38. The molecule has 2 aromatic carbocycles. The van der Waals surface area contributed by atoms with Gasteiger partial charge in [0, 0.05) is 5.56 Å². The van der Waals surface area contributed by atoms with Crippen LogP contribution in [0.1, 0.15) is 19.4 Å². The number of nitrogens with zero attached hydrogens (tertiary/aromatic N) is 1. The summed E-state index contributed by atoms with van der Waals surface area (Å²) in [5.41, 5.74) is 1.41. The van der Waals surface area contributed by atoms with Crippen molar-refractivity contribution in [2.24, 2.45) is 4.99 Å². The van der Waals surface area contributed by atoms with E-state index in [4.69, 9.17) is 4.74 Å². The lowest BCUT2D eigenvalue weighted by molar-refractivity contribution is -0.107. The fourth-order valence-corrected chi connectivity index (χ4v) is 4.16. The second kappa shape index (κ2) is 7.23. The van der Waals surface area contributed by atoms with Gasteiger partial charge >= 0.3 is 0 Å². The molecule has 0 spiro atoms. The van der Waals surface area contributed by atoms with Crippen LogP contribution in [0, 0.1) is 0 Å². The predicted molar refractivity (Wildman–Crippen MR) is 101 cm³/mol. The number of aliphatic imine (C=N–C) groups is 1. The number of ether oxygens (including phenoxy) is 1. The molecule has 23 heavy (non-hydrogen) atoms. The first-order chi connectivity index (χ1) is 11.2.